The summed E-state index contributed by atoms with van der Waals surface area (Å²) >= 11 is 1.21. The average molecular weight is 347 g/mol. The monoisotopic (exact) mass is 347 g/mol. The minimum absolute atomic E-state index is 0.0190. The van der Waals surface area contributed by atoms with Crippen molar-refractivity contribution in [3.8, 4) is 0 Å². The number of likely N-dealkylation sites (tertiary alicyclic amines) is 1. The standard InChI is InChI=1S/C17H25N5OS/c1-12(2)22-7-6-14(11-22)9-18-17(23)21(3)10-13-4-5-15-16(8-13)20-24-19-15/h4-5,8,12,14H,6-7,9-11H2,1-3H3,(H,18,23)/t14-/m1/s1. The van der Waals surface area contributed by atoms with E-state index in [4.69, 9.17) is 0 Å². The zero-order chi connectivity index (χ0) is 17.1. The maximum atomic E-state index is 12.3. The van der Waals surface area contributed by atoms with Crippen molar-refractivity contribution < 1.29 is 4.79 Å². The van der Waals surface area contributed by atoms with Gasteiger partial charge in [-0.05, 0) is 50.4 Å². The van der Waals surface area contributed by atoms with Crippen LogP contribution in [-0.2, 0) is 6.54 Å². The molecule has 7 heteroatoms. The molecular formula is C17H25N5OS. The van der Waals surface area contributed by atoms with Gasteiger partial charge in [0.25, 0.3) is 0 Å². The van der Waals surface area contributed by atoms with Crippen LogP contribution in [0.4, 0.5) is 4.79 Å². The topological polar surface area (TPSA) is 61.4 Å². The molecule has 0 spiro atoms. The lowest BCUT2D eigenvalue weighted by Crippen LogP contribution is -2.40. The second-order valence-electron chi connectivity index (χ2n) is 6.87. The van der Waals surface area contributed by atoms with Crippen LogP contribution in [0.15, 0.2) is 18.2 Å². The molecule has 130 valence electrons. The number of benzene rings is 1. The molecule has 1 fully saturated rings. The van der Waals surface area contributed by atoms with Crippen molar-refractivity contribution in [2.45, 2.75) is 32.9 Å². The fraction of sp³-hybridized carbons (Fsp3) is 0.588. The smallest absolute Gasteiger partial charge is 0.317 e. The van der Waals surface area contributed by atoms with Crippen molar-refractivity contribution in [2.24, 2.45) is 5.92 Å². The van der Waals surface area contributed by atoms with Crippen LogP contribution in [-0.4, -0.2) is 57.3 Å². The van der Waals surface area contributed by atoms with Crippen LogP contribution in [0.5, 0.6) is 0 Å². The van der Waals surface area contributed by atoms with E-state index >= 15 is 0 Å². The third kappa shape index (κ3) is 4.02. The molecular weight excluding hydrogens is 322 g/mol. The van der Waals surface area contributed by atoms with Crippen LogP contribution in [0.3, 0.4) is 0 Å². The number of fused-ring (bicyclic) bond motifs is 1. The summed E-state index contributed by atoms with van der Waals surface area (Å²) < 4.78 is 8.45. The first kappa shape index (κ1) is 17.1. The van der Waals surface area contributed by atoms with Crippen molar-refractivity contribution in [2.75, 3.05) is 26.7 Å². The van der Waals surface area contributed by atoms with Crippen molar-refractivity contribution in [3.63, 3.8) is 0 Å². The molecule has 2 aromatic rings. The molecule has 0 saturated carbocycles. The van der Waals surface area contributed by atoms with Crippen LogP contribution in [0.2, 0.25) is 0 Å². The van der Waals surface area contributed by atoms with Gasteiger partial charge in [0.05, 0.1) is 11.7 Å². The first-order chi connectivity index (χ1) is 11.5. The quantitative estimate of drug-likeness (QED) is 0.903. The Bertz CT molecular complexity index is 701. The first-order valence-corrected chi connectivity index (χ1v) is 9.20. The molecule has 24 heavy (non-hydrogen) atoms. The fourth-order valence-electron chi connectivity index (χ4n) is 3.14. The molecule has 1 aromatic heterocycles. The van der Waals surface area contributed by atoms with Gasteiger partial charge in [-0.2, -0.15) is 8.75 Å². The molecule has 0 radical (unpaired) electrons. The molecule has 0 aliphatic carbocycles. The molecule has 1 aliphatic rings. The van der Waals surface area contributed by atoms with Gasteiger partial charge in [0.2, 0.25) is 0 Å². The highest BCUT2D eigenvalue weighted by molar-refractivity contribution is 7.00. The molecule has 6 nitrogen and oxygen atoms in total. The number of hydrogen-bond acceptors (Lipinski definition) is 5. The summed E-state index contributed by atoms with van der Waals surface area (Å²) in [5.41, 5.74) is 2.87. The van der Waals surface area contributed by atoms with Crippen molar-refractivity contribution in [3.05, 3.63) is 23.8 Å². The SMILES string of the molecule is CC(C)N1CC[C@H](CNC(=O)N(C)Cc2ccc3nsnc3c2)C1. The predicted octanol–water partition coefficient (Wildman–Crippen LogP) is 2.56. The van der Waals surface area contributed by atoms with E-state index in [2.05, 4.69) is 32.8 Å². The number of amides is 2. The number of nitrogens with one attached hydrogen (secondary N) is 1. The zero-order valence-electron chi connectivity index (χ0n) is 14.5. The third-order valence-electron chi connectivity index (χ3n) is 4.67. The first-order valence-electron chi connectivity index (χ1n) is 8.47. The summed E-state index contributed by atoms with van der Waals surface area (Å²) in [6.45, 7) is 7.99. The molecule has 1 saturated heterocycles. The summed E-state index contributed by atoms with van der Waals surface area (Å²) in [6.07, 6.45) is 1.16. The number of carbonyl (C=O) groups excluding carboxylic acids is 1. The lowest BCUT2D eigenvalue weighted by Gasteiger charge is -2.21. The van der Waals surface area contributed by atoms with E-state index in [1.165, 1.54) is 11.7 Å². The third-order valence-corrected chi connectivity index (χ3v) is 5.23. The summed E-state index contributed by atoms with van der Waals surface area (Å²) in [6, 6.07) is 6.53. The van der Waals surface area contributed by atoms with Crippen LogP contribution < -0.4 is 5.32 Å². The number of nitrogens with zero attached hydrogens (tertiary/aromatic N) is 4. The molecule has 1 N–H and O–H groups in total. The Morgan fingerprint density at radius 3 is 2.96 bits per heavy atom. The summed E-state index contributed by atoms with van der Waals surface area (Å²) in [7, 11) is 1.83. The largest absolute Gasteiger partial charge is 0.338 e. The lowest BCUT2D eigenvalue weighted by molar-refractivity contribution is 0.204. The molecule has 1 atom stereocenters. The lowest BCUT2D eigenvalue weighted by atomic mass is 10.1. The van der Waals surface area contributed by atoms with Gasteiger partial charge in [0, 0.05) is 32.7 Å². The molecule has 1 aromatic carbocycles. The summed E-state index contributed by atoms with van der Waals surface area (Å²) in [4.78, 5) is 16.5. The zero-order valence-corrected chi connectivity index (χ0v) is 15.3. The normalized spacial score (nSPS) is 18.4. The maximum absolute atomic E-state index is 12.3. The van der Waals surface area contributed by atoms with Gasteiger partial charge in [-0.25, -0.2) is 4.79 Å². The highest BCUT2D eigenvalue weighted by Gasteiger charge is 2.24. The maximum Gasteiger partial charge on any atom is 0.317 e. The number of carbonyl (C=O) groups is 1. The van der Waals surface area contributed by atoms with E-state index in [0.717, 1.165) is 42.7 Å². The van der Waals surface area contributed by atoms with Crippen LogP contribution in [0, 0.1) is 5.92 Å². The van der Waals surface area contributed by atoms with Crippen molar-refractivity contribution in [1.82, 2.24) is 23.9 Å². The molecule has 3 rings (SSSR count). The number of rotatable bonds is 5. The van der Waals surface area contributed by atoms with Gasteiger partial charge in [-0.1, -0.05) is 6.07 Å². The minimum Gasteiger partial charge on any atom is -0.338 e. The van der Waals surface area contributed by atoms with E-state index in [1.807, 2.05) is 25.2 Å². The number of urea groups is 1. The van der Waals surface area contributed by atoms with E-state index in [1.54, 1.807) is 4.90 Å². The van der Waals surface area contributed by atoms with E-state index < -0.39 is 0 Å². The molecule has 0 bridgehead atoms. The van der Waals surface area contributed by atoms with Gasteiger partial charge in [-0.15, -0.1) is 0 Å². The number of aromatic nitrogens is 2. The van der Waals surface area contributed by atoms with Gasteiger partial charge in [0.1, 0.15) is 11.0 Å². The summed E-state index contributed by atoms with van der Waals surface area (Å²) in [5.74, 6) is 0.558. The Hall–Kier alpha value is -1.73. The minimum atomic E-state index is -0.0190. The predicted molar refractivity (Wildman–Crippen MR) is 97.1 cm³/mol. The van der Waals surface area contributed by atoms with Crippen LogP contribution in [0.25, 0.3) is 11.0 Å². The Labute approximate surface area is 147 Å². The van der Waals surface area contributed by atoms with Gasteiger partial charge in [-0.3, -0.25) is 0 Å². The average Bonchev–Trinajstić information content (AvgIpc) is 3.21. The summed E-state index contributed by atoms with van der Waals surface area (Å²) in [5, 5.41) is 3.07. The van der Waals surface area contributed by atoms with E-state index in [0.29, 0.717) is 18.5 Å². The van der Waals surface area contributed by atoms with Gasteiger partial charge in [0.15, 0.2) is 0 Å². The Morgan fingerprint density at radius 1 is 1.42 bits per heavy atom. The van der Waals surface area contributed by atoms with Crippen LogP contribution in [0.1, 0.15) is 25.8 Å². The van der Waals surface area contributed by atoms with Crippen LogP contribution >= 0.6 is 11.7 Å². The molecule has 2 heterocycles. The Kier molecular flexibility index (Phi) is 5.30. The highest BCUT2D eigenvalue weighted by Crippen LogP contribution is 2.18. The highest BCUT2D eigenvalue weighted by atomic mass is 32.1. The number of hydrogen-bond donors (Lipinski definition) is 1. The Morgan fingerprint density at radius 2 is 2.21 bits per heavy atom. The second-order valence-corrected chi connectivity index (χ2v) is 7.40. The fourth-order valence-corrected chi connectivity index (χ4v) is 3.65. The van der Waals surface area contributed by atoms with Gasteiger partial charge >= 0.3 is 6.03 Å². The van der Waals surface area contributed by atoms with E-state index in [9.17, 15) is 4.79 Å². The molecule has 0 unspecified atom stereocenters. The van der Waals surface area contributed by atoms with Crippen molar-refractivity contribution >= 4 is 28.8 Å². The molecule has 1 aliphatic heterocycles. The second kappa shape index (κ2) is 7.44. The van der Waals surface area contributed by atoms with E-state index in [-0.39, 0.29) is 6.03 Å². The Balaban J connectivity index is 1.48. The molecule has 2 amide bonds. The van der Waals surface area contributed by atoms with Crippen molar-refractivity contribution in [1.29, 1.82) is 0 Å². The van der Waals surface area contributed by atoms with Gasteiger partial charge < -0.3 is 15.1 Å².